The van der Waals surface area contributed by atoms with Crippen LogP contribution in [0.1, 0.15) is 35.4 Å². The Morgan fingerprint density at radius 3 is 2.70 bits per heavy atom. The molecule has 2 aromatic carbocycles. The molecule has 0 spiro atoms. The van der Waals surface area contributed by atoms with Gasteiger partial charge in [0.2, 0.25) is 11.8 Å². The number of para-hydroxylation sites is 1. The van der Waals surface area contributed by atoms with Crippen molar-refractivity contribution in [3.8, 4) is 11.5 Å². The number of benzene rings is 2. The van der Waals surface area contributed by atoms with E-state index in [1.54, 1.807) is 37.5 Å². The number of carbonyl (C=O) groups excluding carboxylic acids is 3. The molecule has 2 aliphatic heterocycles. The molecule has 3 amide bonds. The van der Waals surface area contributed by atoms with Crippen LogP contribution in [0.2, 0.25) is 0 Å². The number of carbonyl (C=O) groups is 3. The maximum Gasteiger partial charge on any atom is 0.251 e. The normalized spacial score (nSPS) is 18.3. The van der Waals surface area contributed by atoms with Crippen LogP contribution in [-0.4, -0.2) is 71.6 Å². The summed E-state index contributed by atoms with van der Waals surface area (Å²) in [7, 11) is -3.53. The number of hydrogen-bond acceptors (Lipinski definition) is 8. The number of nitrogens with zero attached hydrogens (tertiary/aromatic N) is 2. The molecule has 1 saturated heterocycles. The lowest BCUT2D eigenvalue weighted by molar-refractivity contribution is -0.137. The van der Waals surface area contributed by atoms with Gasteiger partial charge in [0.1, 0.15) is 17.5 Å². The first kappa shape index (κ1) is 28.7. The van der Waals surface area contributed by atoms with E-state index < -0.39 is 51.4 Å². The average Bonchev–Trinajstić information content (AvgIpc) is 3.64. The van der Waals surface area contributed by atoms with Gasteiger partial charge in [0.25, 0.3) is 5.91 Å². The lowest BCUT2D eigenvalue weighted by atomic mass is 10.1. The summed E-state index contributed by atoms with van der Waals surface area (Å²) in [6.45, 7) is 1.26. The first-order valence-electron chi connectivity index (χ1n) is 13.6. The fourth-order valence-electron chi connectivity index (χ4n) is 5.28. The molecule has 2 aliphatic rings. The smallest absolute Gasteiger partial charge is 0.251 e. The van der Waals surface area contributed by atoms with Crippen molar-refractivity contribution in [1.82, 2.24) is 25.5 Å². The number of ether oxygens (including phenoxy) is 1. The molecule has 0 aliphatic carbocycles. The van der Waals surface area contributed by atoms with Crippen LogP contribution in [0.3, 0.4) is 0 Å². The van der Waals surface area contributed by atoms with Crippen LogP contribution in [0.4, 0.5) is 0 Å². The zero-order chi connectivity index (χ0) is 30.3. The number of pyridine rings is 1. The van der Waals surface area contributed by atoms with Crippen molar-refractivity contribution in [2.75, 3.05) is 19.3 Å². The zero-order valence-corrected chi connectivity index (χ0v) is 25.0. The van der Waals surface area contributed by atoms with E-state index in [1.165, 1.54) is 16.7 Å². The van der Waals surface area contributed by atoms with Crippen molar-refractivity contribution in [2.45, 2.75) is 40.5 Å². The maximum atomic E-state index is 13.4. The third-order valence-electron chi connectivity index (χ3n) is 7.65. The van der Waals surface area contributed by atoms with Crippen molar-refractivity contribution in [3.05, 3.63) is 78.2 Å². The molecule has 1 fully saturated rings. The van der Waals surface area contributed by atoms with Gasteiger partial charge in [-0.05, 0) is 55.8 Å². The van der Waals surface area contributed by atoms with Gasteiger partial charge < -0.3 is 25.3 Å². The Hall–Kier alpha value is -4.36. The Balaban J connectivity index is 1.12. The quantitative estimate of drug-likeness (QED) is 0.251. The van der Waals surface area contributed by atoms with Gasteiger partial charge in [0.15, 0.2) is 9.84 Å². The number of hydrogen-bond donors (Lipinski definition) is 3. The molecule has 43 heavy (non-hydrogen) atoms. The number of H-pyrrole nitrogens is 1. The van der Waals surface area contributed by atoms with Crippen molar-refractivity contribution in [2.24, 2.45) is 0 Å². The van der Waals surface area contributed by atoms with E-state index in [4.69, 9.17) is 4.74 Å². The average molecular weight is 620 g/mol. The molecule has 0 saturated carbocycles. The molecule has 1 unspecified atom stereocenters. The molecule has 222 valence electrons. The number of sulfone groups is 1. The Labute approximate surface area is 252 Å². The molecule has 6 rings (SSSR count). The predicted octanol–water partition coefficient (Wildman–Crippen LogP) is 3.44. The molecule has 13 heteroatoms. The van der Waals surface area contributed by atoms with Gasteiger partial charge in [-0.25, -0.2) is 8.42 Å². The van der Waals surface area contributed by atoms with Crippen LogP contribution in [-0.2, 0) is 19.4 Å². The van der Waals surface area contributed by atoms with Crippen molar-refractivity contribution in [3.63, 3.8) is 0 Å². The summed E-state index contributed by atoms with van der Waals surface area (Å²) in [6, 6.07) is 14.9. The van der Waals surface area contributed by atoms with E-state index in [0.29, 0.717) is 17.1 Å². The molecular weight excluding hydrogens is 590 g/mol. The number of likely N-dealkylation sites (tertiary alicyclic amines) is 1. The SMILES string of the molecule is C[C@@H](NC(=O)[C@@H]1CC(S(C)(=O)=O)CN1C(=O)CNC(=O)c1ccc2c(c1)Oc1ccccc1S2)c1cc2cnccc2[nH]1. The Bertz CT molecular complexity index is 1820. The number of aromatic nitrogens is 2. The van der Waals surface area contributed by atoms with Crippen molar-refractivity contribution in [1.29, 1.82) is 0 Å². The van der Waals surface area contributed by atoms with Gasteiger partial charge in [-0.2, -0.15) is 0 Å². The topological polar surface area (TPSA) is 151 Å². The molecule has 2 aromatic heterocycles. The molecular formula is C30H29N5O6S2. The number of rotatable bonds is 7. The largest absolute Gasteiger partial charge is 0.455 e. The minimum Gasteiger partial charge on any atom is -0.455 e. The van der Waals surface area contributed by atoms with E-state index in [2.05, 4.69) is 20.6 Å². The van der Waals surface area contributed by atoms with Crippen LogP contribution >= 0.6 is 11.8 Å². The highest BCUT2D eigenvalue weighted by Gasteiger charge is 2.43. The molecule has 4 heterocycles. The van der Waals surface area contributed by atoms with E-state index in [1.807, 2.05) is 36.4 Å². The second-order valence-electron chi connectivity index (χ2n) is 10.7. The van der Waals surface area contributed by atoms with Gasteiger partial charge in [0, 0.05) is 47.4 Å². The first-order chi connectivity index (χ1) is 20.6. The highest BCUT2D eigenvalue weighted by Crippen LogP contribution is 2.46. The molecule has 0 radical (unpaired) electrons. The Morgan fingerprint density at radius 2 is 1.91 bits per heavy atom. The van der Waals surface area contributed by atoms with Crippen LogP contribution in [0.15, 0.2) is 76.8 Å². The minimum absolute atomic E-state index is 0.0327. The number of aromatic amines is 1. The third kappa shape index (κ3) is 5.95. The second-order valence-corrected chi connectivity index (χ2v) is 14.1. The van der Waals surface area contributed by atoms with Gasteiger partial charge in [0.05, 0.1) is 27.6 Å². The lowest BCUT2D eigenvalue weighted by Crippen LogP contribution is -2.49. The van der Waals surface area contributed by atoms with E-state index in [0.717, 1.165) is 32.6 Å². The molecule has 0 bridgehead atoms. The summed E-state index contributed by atoms with van der Waals surface area (Å²) in [5.74, 6) is -0.287. The summed E-state index contributed by atoms with van der Waals surface area (Å²) in [5, 5.41) is 5.51. The maximum absolute atomic E-state index is 13.4. The van der Waals surface area contributed by atoms with Gasteiger partial charge >= 0.3 is 0 Å². The first-order valence-corrected chi connectivity index (χ1v) is 16.4. The van der Waals surface area contributed by atoms with E-state index in [-0.39, 0.29) is 13.0 Å². The lowest BCUT2D eigenvalue weighted by Gasteiger charge is -2.25. The summed E-state index contributed by atoms with van der Waals surface area (Å²) in [5.41, 5.74) is 1.92. The van der Waals surface area contributed by atoms with Gasteiger partial charge in [-0.1, -0.05) is 23.9 Å². The van der Waals surface area contributed by atoms with Gasteiger partial charge in [-0.3, -0.25) is 19.4 Å². The third-order valence-corrected chi connectivity index (χ3v) is 10.3. The number of amides is 3. The Kier molecular flexibility index (Phi) is 7.61. The monoisotopic (exact) mass is 619 g/mol. The van der Waals surface area contributed by atoms with E-state index >= 15 is 0 Å². The van der Waals surface area contributed by atoms with Crippen molar-refractivity contribution < 1.29 is 27.5 Å². The fourth-order valence-corrected chi connectivity index (χ4v) is 7.17. The summed E-state index contributed by atoms with van der Waals surface area (Å²) in [4.78, 5) is 50.1. The van der Waals surface area contributed by atoms with Crippen LogP contribution in [0, 0.1) is 0 Å². The van der Waals surface area contributed by atoms with Crippen LogP contribution in [0.5, 0.6) is 11.5 Å². The molecule has 3 atom stereocenters. The zero-order valence-electron chi connectivity index (χ0n) is 23.4. The summed E-state index contributed by atoms with van der Waals surface area (Å²) in [6.07, 6.45) is 4.43. The molecule has 4 aromatic rings. The number of nitrogens with one attached hydrogen (secondary N) is 3. The highest BCUT2D eigenvalue weighted by atomic mass is 32.2. The van der Waals surface area contributed by atoms with Crippen LogP contribution < -0.4 is 15.4 Å². The predicted molar refractivity (Wildman–Crippen MR) is 161 cm³/mol. The second kappa shape index (κ2) is 11.4. The fraction of sp³-hybridized carbons (Fsp3) is 0.267. The molecule has 11 nitrogen and oxygen atoms in total. The van der Waals surface area contributed by atoms with Gasteiger partial charge in [-0.15, -0.1) is 0 Å². The number of fused-ring (bicyclic) bond motifs is 3. The summed E-state index contributed by atoms with van der Waals surface area (Å²) < 4.78 is 30.7. The van der Waals surface area contributed by atoms with Crippen LogP contribution in [0.25, 0.3) is 10.9 Å². The highest BCUT2D eigenvalue weighted by molar-refractivity contribution is 7.99. The summed E-state index contributed by atoms with van der Waals surface area (Å²) >= 11 is 1.54. The standard InChI is InChI=1S/C30H29N5O6S2/c1-17(22-11-19-14-31-10-9-21(19)34-22)33-30(38)23-13-20(43(2,39)40)16-35(23)28(36)15-32-29(37)18-7-8-27-25(12-18)41-24-5-3-4-6-26(24)42-27/h3-12,14,17,20,23,34H,13,15-16H2,1-2H3,(H,32,37)(H,33,38)/t17-,20?,23+/m1/s1. The molecule has 3 N–H and O–H groups in total. The van der Waals surface area contributed by atoms with Crippen molar-refractivity contribution >= 4 is 50.2 Å². The minimum atomic E-state index is -3.53. The van der Waals surface area contributed by atoms with E-state index in [9.17, 15) is 22.8 Å². The Morgan fingerprint density at radius 1 is 1.12 bits per heavy atom.